The quantitative estimate of drug-likeness (QED) is 0.219. The zero-order valence-corrected chi connectivity index (χ0v) is 24.8. The molecule has 6 rings (SSSR count). The Hall–Kier alpha value is -3.06. The average Bonchev–Trinajstić information content (AvgIpc) is 3.66. The standard InChI is InChI=1S/C33H35ClN4OS/c1-33(2)15-14-30(36-40-25-11-7-10-23(34)18-25)28-19-24(12-13-29(28)33)38(21-31-35-16-17-37(31)3)32(39)27-20-26(27)22-8-5-4-6-9-22/h4-13,16-19,26-27,30,36H,14-15,20-21H2,1-3H3/t26-,27+,30?/m1/s1. The summed E-state index contributed by atoms with van der Waals surface area (Å²) >= 11 is 7.85. The summed E-state index contributed by atoms with van der Waals surface area (Å²) in [7, 11) is 1.98. The van der Waals surface area contributed by atoms with Gasteiger partial charge in [0.1, 0.15) is 5.82 Å². The van der Waals surface area contributed by atoms with E-state index in [0.717, 1.165) is 40.7 Å². The summed E-state index contributed by atoms with van der Waals surface area (Å²) in [6.07, 6.45) is 6.72. The molecule has 2 aliphatic rings. The Morgan fingerprint density at radius 2 is 1.95 bits per heavy atom. The second-order valence-electron chi connectivity index (χ2n) is 11.7. The number of aromatic nitrogens is 2. The first-order valence-electron chi connectivity index (χ1n) is 13.9. The zero-order chi connectivity index (χ0) is 27.9. The minimum Gasteiger partial charge on any atom is -0.337 e. The molecule has 1 saturated carbocycles. The van der Waals surface area contributed by atoms with Crippen molar-refractivity contribution in [3.05, 3.63) is 113 Å². The molecule has 1 heterocycles. The van der Waals surface area contributed by atoms with Gasteiger partial charge in [0.2, 0.25) is 5.91 Å². The van der Waals surface area contributed by atoms with Crippen LogP contribution in [0.25, 0.3) is 0 Å². The van der Waals surface area contributed by atoms with Crippen molar-refractivity contribution in [3.63, 3.8) is 0 Å². The summed E-state index contributed by atoms with van der Waals surface area (Å²) in [5.74, 6) is 1.30. The maximum atomic E-state index is 14.1. The van der Waals surface area contributed by atoms with Crippen LogP contribution >= 0.6 is 23.5 Å². The molecule has 0 radical (unpaired) electrons. The third-order valence-corrected chi connectivity index (χ3v) is 9.57. The van der Waals surface area contributed by atoms with Gasteiger partial charge in [-0.3, -0.25) is 9.52 Å². The number of fused-ring (bicyclic) bond motifs is 1. The maximum absolute atomic E-state index is 14.1. The number of rotatable bonds is 8. The number of aryl methyl sites for hydroxylation is 1. The number of amides is 1. The van der Waals surface area contributed by atoms with Crippen LogP contribution in [0.2, 0.25) is 5.02 Å². The average molecular weight is 571 g/mol. The monoisotopic (exact) mass is 570 g/mol. The van der Waals surface area contributed by atoms with Gasteiger partial charge in [-0.15, -0.1) is 0 Å². The van der Waals surface area contributed by atoms with Crippen molar-refractivity contribution in [1.29, 1.82) is 0 Å². The van der Waals surface area contributed by atoms with E-state index < -0.39 is 0 Å². The van der Waals surface area contributed by atoms with Crippen LogP contribution in [0, 0.1) is 5.92 Å². The molecule has 3 aromatic carbocycles. The first-order chi connectivity index (χ1) is 19.3. The van der Waals surface area contributed by atoms with E-state index in [2.05, 4.69) is 72.1 Å². The van der Waals surface area contributed by atoms with E-state index in [9.17, 15) is 4.79 Å². The van der Waals surface area contributed by atoms with Gasteiger partial charge in [-0.1, -0.05) is 67.9 Å². The molecule has 0 aliphatic heterocycles. The lowest BCUT2D eigenvalue weighted by atomic mass is 9.71. The molecule has 4 aromatic rings. The lowest BCUT2D eigenvalue weighted by Crippen LogP contribution is -2.35. The molecule has 0 bridgehead atoms. The van der Waals surface area contributed by atoms with Crippen LogP contribution in [0.15, 0.2) is 90.1 Å². The van der Waals surface area contributed by atoms with E-state index in [1.165, 1.54) is 16.7 Å². The summed E-state index contributed by atoms with van der Waals surface area (Å²) in [5.41, 5.74) is 4.84. The van der Waals surface area contributed by atoms with E-state index in [1.54, 1.807) is 18.1 Å². The first kappa shape index (κ1) is 27.1. The topological polar surface area (TPSA) is 50.2 Å². The maximum Gasteiger partial charge on any atom is 0.231 e. The Bertz CT molecular complexity index is 1520. The van der Waals surface area contributed by atoms with Crippen molar-refractivity contribution < 1.29 is 4.79 Å². The normalized spacial score (nSPS) is 21.1. The van der Waals surface area contributed by atoms with Gasteiger partial charge in [0.25, 0.3) is 0 Å². The first-order valence-corrected chi connectivity index (χ1v) is 15.1. The highest BCUT2D eigenvalue weighted by Crippen LogP contribution is 2.50. The third kappa shape index (κ3) is 5.58. The molecular weight excluding hydrogens is 536 g/mol. The highest BCUT2D eigenvalue weighted by Gasteiger charge is 2.46. The number of carbonyl (C=O) groups is 1. The Balaban J connectivity index is 1.32. The molecule has 1 fully saturated rings. The largest absolute Gasteiger partial charge is 0.337 e. The van der Waals surface area contributed by atoms with E-state index in [4.69, 9.17) is 11.6 Å². The molecule has 1 amide bonds. The Morgan fingerprint density at radius 1 is 1.12 bits per heavy atom. The number of halogens is 1. The fourth-order valence-corrected chi connectivity index (χ4v) is 7.04. The molecule has 2 aliphatic carbocycles. The number of nitrogens with zero attached hydrogens (tertiary/aromatic N) is 3. The molecule has 206 valence electrons. The molecule has 3 atom stereocenters. The van der Waals surface area contributed by atoms with Crippen LogP contribution in [-0.2, 0) is 23.8 Å². The molecule has 1 unspecified atom stereocenters. The summed E-state index contributed by atoms with van der Waals surface area (Å²) in [4.78, 5) is 21.7. The van der Waals surface area contributed by atoms with Crippen LogP contribution < -0.4 is 9.62 Å². The van der Waals surface area contributed by atoms with E-state index >= 15 is 0 Å². The summed E-state index contributed by atoms with van der Waals surface area (Å²) in [5, 5.41) is 0.733. The summed E-state index contributed by atoms with van der Waals surface area (Å²) in [6, 6.07) is 25.1. The van der Waals surface area contributed by atoms with Crippen molar-refractivity contribution in [3.8, 4) is 0 Å². The Kier molecular flexibility index (Phi) is 7.51. The van der Waals surface area contributed by atoms with Gasteiger partial charge < -0.3 is 9.47 Å². The number of hydrogen-bond donors (Lipinski definition) is 1. The van der Waals surface area contributed by atoms with Crippen molar-refractivity contribution in [2.24, 2.45) is 13.0 Å². The van der Waals surface area contributed by atoms with Crippen LogP contribution in [0.3, 0.4) is 0 Å². The summed E-state index contributed by atoms with van der Waals surface area (Å²) < 4.78 is 5.71. The van der Waals surface area contributed by atoms with Gasteiger partial charge in [0, 0.05) is 47.0 Å². The smallest absolute Gasteiger partial charge is 0.231 e. The van der Waals surface area contributed by atoms with Crippen molar-refractivity contribution in [1.82, 2.24) is 14.3 Å². The van der Waals surface area contributed by atoms with Crippen molar-refractivity contribution in [2.75, 3.05) is 4.90 Å². The molecule has 5 nitrogen and oxygen atoms in total. The lowest BCUT2D eigenvalue weighted by molar-refractivity contribution is -0.120. The molecule has 1 aromatic heterocycles. The minimum absolute atomic E-state index is 0.0116. The minimum atomic E-state index is -0.0116. The van der Waals surface area contributed by atoms with Gasteiger partial charge in [-0.05, 0) is 89.6 Å². The van der Waals surface area contributed by atoms with Gasteiger partial charge >= 0.3 is 0 Å². The molecule has 0 spiro atoms. The van der Waals surface area contributed by atoms with Crippen LogP contribution in [0.1, 0.15) is 67.6 Å². The highest BCUT2D eigenvalue weighted by atomic mass is 35.5. The van der Waals surface area contributed by atoms with E-state index in [0.29, 0.717) is 6.54 Å². The molecule has 1 N–H and O–H groups in total. The second-order valence-corrected chi connectivity index (χ2v) is 13.0. The van der Waals surface area contributed by atoms with Gasteiger partial charge in [0.15, 0.2) is 0 Å². The van der Waals surface area contributed by atoms with Gasteiger partial charge in [-0.25, -0.2) is 4.98 Å². The number of anilines is 1. The van der Waals surface area contributed by atoms with E-state index in [-0.39, 0.29) is 29.2 Å². The zero-order valence-electron chi connectivity index (χ0n) is 23.2. The molecule has 0 saturated heterocycles. The fourth-order valence-electron chi connectivity index (χ4n) is 5.93. The third-order valence-electron chi connectivity index (χ3n) is 8.45. The Morgan fingerprint density at radius 3 is 2.70 bits per heavy atom. The van der Waals surface area contributed by atoms with Gasteiger partial charge in [0.05, 0.1) is 6.54 Å². The van der Waals surface area contributed by atoms with E-state index in [1.807, 2.05) is 47.0 Å². The highest BCUT2D eigenvalue weighted by molar-refractivity contribution is 7.97. The number of hydrogen-bond acceptors (Lipinski definition) is 4. The SMILES string of the molecule is Cn1ccnc1CN(C(=O)[C@H]1C[C@@H]1c1ccccc1)c1ccc2c(c1)C(NSc1cccc(Cl)c1)CCC2(C)C. The number of nitrogens with one attached hydrogen (secondary N) is 1. The fraction of sp³-hybridized carbons (Fsp3) is 0.333. The van der Waals surface area contributed by atoms with Gasteiger partial charge in [-0.2, -0.15) is 0 Å². The van der Waals surface area contributed by atoms with Crippen LogP contribution in [0.5, 0.6) is 0 Å². The molecule has 7 heteroatoms. The predicted molar refractivity (Wildman–Crippen MR) is 164 cm³/mol. The Labute approximate surface area is 246 Å². The summed E-state index contributed by atoms with van der Waals surface area (Å²) in [6.45, 7) is 5.08. The number of carbonyl (C=O) groups excluding carboxylic acids is 1. The predicted octanol–water partition coefficient (Wildman–Crippen LogP) is 7.82. The van der Waals surface area contributed by atoms with Crippen molar-refractivity contribution >= 4 is 35.1 Å². The van der Waals surface area contributed by atoms with Crippen molar-refractivity contribution in [2.45, 2.75) is 61.9 Å². The molecular formula is C33H35ClN4OS. The number of benzene rings is 3. The van der Waals surface area contributed by atoms with Crippen LogP contribution in [-0.4, -0.2) is 15.5 Å². The number of imidazole rings is 1. The lowest BCUT2D eigenvalue weighted by Gasteiger charge is -2.38. The van der Waals surface area contributed by atoms with Crippen LogP contribution in [0.4, 0.5) is 5.69 Å². The second kappa shape index (κ2) is 11.1. The molecule has 40 heavy (non-hydrogen) atoms.